The van der Waals surface area contributed by atoms with Gasteiger partial charge in [-0.05, 0) is 43.6 Å². The molecule has 0 aromatic carbocycles. The lowest BCUT2D eigenvalue weighted by atomic mass is 9.83. The average molecular weight is 238 g/mol. The molecule has 0 aromatic heterocycles. The van der Waals surface area contributed by atoms with Crippen molar-refractivity contribution in [3.8, 4) is 0 Å². The number of nitrogens with zero attached hydrogens (tertiary/aromatic N) is 1. The Balaban J connectivity index is 1.99. The van der Waals surface area contributed by atoms with E-state index in [1.807, 2.05) is 0 Å². The highest BCUT2D eigenvalue weighted by atomic mass is 15.2. The molecule has 2 fully saturated rings. The molecule has 3 unspecified atom stereocenters. The topological polar surface area (TPSA) is 29.3 Å². The van der Waals surface area contributed by atoms with E-state index in [2.05, 4.69) is 25.7 Å². The van der Waals surface area contributed by atoms with Crippen molar-refractivity contribution in [2.45, 2.75) is 71.4 Å². The molecular formula is C15H30N2. The van der Waals surface area contributed by atoms with Crippen LogP contribution >= 0.6 is 0 Å². The average Bonchev–Trinajstić information content (AvgIpc) is 2.68. The third-order valence-corrected chi connectivity index (χ3v) is 4.64. The summed E-state index contributed by atoms with van der Waals surface area (Å²) in [5, 5.41) is 0. The van der Waals surface area contributed by atoms with Gasteiger partial charge in [-0.25, -0.2) is 0 Å². The molecule has 0 radical (unpaired) electrons. The van der Waals surface area contributed by atoms with Crippen molar-refractivity contribution in [3.05, 3.63) is 0 Å². The minimum Gasteiger partial charge on any atom is -0.329 e. The normalized spacial score (nSPS) is 32.5. The van der Waals surface area contributed by atoms with Crippen molar-refractivity contribution in [1.82, 2.24) is 4.90 Å². The zero-order valence-corrected chi connectivity index (χ0v) is 11.9. The second kappa shape index (κ2) is 5.27. The minimum absolute atomic E-state index is 0.400. The van der Waals surface area contributed by atoms with Gasteiger partial charge in [-0.1, -0.05) is 33.6 Å². The van der Waals surface area contributed by atoms with E-state index < -0.39 is 0 Å². The van der Waals surface area contributed by atoms with Crippen LogP contribution in [-0.4, -0.2) is 30.1 Å². The largest absolute Gasteiger partial charge is 0.329 e. The number of hydrogen-bond acceptors (Lipinski definition) is 2. The van der Waals surface area contributed by atoms with Gasteiger partial charge in [0, 0.05) is 18.6 Å². The fourth-order valence-electron chi connectivity index (χ4n) is 3.94. The second-order valence-corrected chi connectivity index (χ2v) is 7.29. The van der Waals surface area contributed by atoms with Crippen LogP contribution in [0.1, 0.15) is 59.3 Å². The Morgan fingerprint density at radius 2 is 1.88 bits per heavy atom. The molecule has 2 rings (SSSR count). The number of hydrogen-bond donors (Lipinski definition) is 1. The number of likely N-dealkylation sites (tertiary alicyclic amines) is 1. The first-order valence-corrected chi connectivity index (χ1v) is 7.47. The summed E-state index contributed by atoms with van der Waals surface area (Å²) in [6, 6.07) is 1.47. The Labute approximate surface area is 107 Å². The first kappa shape index (κ1) is 13.4. The molecule has 2 heteroatoms. The zero-order chi connectivity index (χ0) is 12.5. The van der Waals surface area contributed by atoms with Crippen LogP contribution in [0, 0.1) is 11.3 Å². The molecule has 1 heterocycles. The van der Waals surface area contributed by atoms with E-state index in [1.165, 1.54) is 45.1 Å². The third kappa shape index (κ3) is 3.23. The Morgan fingerprint density at radius 3 is 2.53 bits per heavy atom. The van der Waals surface area contributed by atoms with Crippen LogP contribution < -0.4 is 5.73 Å². The first-order valence-electron chi connectivity index (χ1n) is 7.47. The van der Waals surface area contributed by atoms with E-state index in [4.69, 9.17) is 5.73 Å². The quantitative estimate of drug-likeness (QED) is 0.819. The fraction of sp³-hybridized carbons (Fsp3) is 1.00. The van der Waals surface area contributed by atoms with E-state index >= 15 is 0 Å². The highest BCUT2D eigenvalue weighted by Gasteiger charge is 2.39. The molecule has 2 nitrogen and oxygen atoms in total. The zero-order valence-electron chi connectivity index (χ0n) is 11.9. The molecule has 0 aromatic rings. The Morgan fingerprint density at radius 1 is 1.18 bits per heavy atom. The van der Waals surface area contributed by atoms with E-state index in [9.17, 15) is 0 Å². The van der Waals surface area contributed by atoms with Crippen LogP contribution in [-0.2, 0) is 0 Å². The molecule has 1 aliphatic carbocycles. The summed E-state index contributed by atoms with van der Waals surface area (Å²) in [4.78, 5) is 2.76. The van der Waals surface area contributed by atoms with Gasteiger partial charge in [0.2, 0.25) is 0 Å². The van der Waals surface area contributed by atoms with E-state index in [0.29, 0.717) is 11.5 Å². The molecule has 1 saturated heterocycles. The molecule has 2 aliphatic rings. The van der Waals surface area contributed by atoms with E-state index in [0.717, 1.165) is 18.5 Å². The van der Waals surface area contributed by atoms with Crippen molar-refractivity contribution in [3.63, 3.8) is 0 Å². The number of fused-ring (bicyclic) bond motifs is 1. The molecule has 2 N–H and O–H groups in total. The summed E-state index contributed by atoms with van der Waals surface area (Å²) in [5.74, 6) is 0.984. The first-order chi connectivity index (χ1) is 8.01. The van der Waals surface area contributed by atoms with Crippen LogP contribution in [0.15, 0.2) is 0 Å². The van der Waals surface area contributed by atoms with Crippen LogP contribution in [0.3, 0.4) is 0 Å². The second-order valence-electron chi connectivity index (χ2n) is 7.29. The summed E-state index contributed by atoms with van der Waals surface area (Å²) in [5.41, 5.74) is 6.44. The van der Waals surface area contributed by atoms with Gasteiger partial charge in [-0.3, -0.25) is 4.90 Å². The minimum atomic E-state index is 0.400. The maximum atomic E-state index is 6.04. The Bertz CT molecular complexity index is 244. The van der Waals surface area contributed by atoms with Crippen LogP contribution in [0.4, 0.5) is 0 Å². The molecule has 1 aliphatic heterocycles. The maximum Gasteiger partial charge on any atom is 0.0226 e. The van der Waals surface area contributed by atoms with Gasteiger partial charge >= 0.3 is 0 Å². The van der Waals surface area contributed by atoms with Crippen molar-refractivity contribution in [2.75, 3.05) is 13.1 Å². The van der Waals surface area contributed by atoms with Gasteiger partial charge in [0.25, 0.3) is 0 Å². The molecule has 100 valence electrons. The summed E-state index contributed by atoms with van der Waals surface area (Å²) < 4.78 is 0. The van der Waals surface area contributed by atoms with Crippen LogP contribution in [0.2, 0.25) is 0 Å². The standard InChI is InChI=1S/C15H30N2/c1-15(2,3)10-13(11-16)17-9-8-12-6-4-5-7-14(12)17/h12-14H,4-11,16H2,1-3H3. The lowest BCUT2D eigenvalue weighted by molar-refractivity contribution is 0.107. The predicted octanol–water partition coefficient (Wildman–Crippen LogP) is 3.01. The number of rotatable bonds is 3. The van der Waals surface area contributed by atoms with Crippen molar-refractivity contribution >= 4 is 0 Å². The molecule has 0 amide bonds. The van der Waals surface area contributed by atoms with E-state index in [1.54, 1.807) is 0 Å². The monoisotopic (exact) mass is 238 g/mol. The summed E-state index contributed by atoms with van der Waals surface area (Å²) >= 11 is 0. The third-order valence-electron chi connectivity index (χ3n) is 4.64. The lowest BCUT2D eigenvalue weighted by Gasteiger charge is -2.39. The lowest BCUT2D eigenvalue weighted by Crippen LogP contribution is -2.47. The Hall–Kier alpha value is -0.0800. The fourth-order valence-corrected chi connectivity index (χ4v) is 3.94. The van der Waals surface area contributed by atoms with Gasteiger partial charge in [0.15, 0.2) is 0 Å². The summed E-state index contributed by atoms with van der Waals surface area (Å²) in [7, 11) is 0. The van der Waals surface area contributed by atoms with Gasteiger partial charge in [0.1, 0.15) is 0 Å². The molecule has 0 spiro atoms. The molecule has 3 atom stereocenters. The molecule has 17 heavy (non-hydrogen) atoms. The summed E-state index contributed by atoms with van der Waals surface area (Å²) in [6.07, 6.45) is 8.45. The predicted molar refractivity (Wildman–Crippen MR) is 74.0 cm³/mol. The summed E-state index contributed by atoms with van der Waals surface area (Å²) in [6.45, 7) is 9.14. The van der Waals surface area contributed by atoms with Gasteiger partial charge in [0.05, 0.1) is 0 Å². The van der Waals surface area contributed by atoms with Crippen molar-refractivity contribution in [1.29, 1.82) is 0 Å². The Kier molecular flexibility index (Phi) is 4.14. The SMILES string of the molecule is CC(C)(C)CC(CN)N1CCC2CCCCC21. The smallest absolute Gasteiger partial charge is 0.0226 e. The molecule has 0 bridgehead atoms. The van der Waals surface area contributed by atoms with Gasteiger partial charge in [-0.2, -0.15) is 0 Å². The van der Waals surface area contributed by atoms with Gasteiger partial charge in [-0.15, -0.1) is 0 Å². The maximum absolute atomic E-state index is 6.04. The van der Waals surface area contributed by atoms with E-state index in [-0.39, 0.29) is 0 Å². The van der Waals surface area contributed by atoms with Crippen LogP contribution in [0.25, 0.3) is 0 Å². The molecule has 1 saturated carbocycles. The van der Waals surface area contributed by atoms with Crippen molar-refractivity contribution in [2.24, 2.45) is 17.1 Å². The number of nitrogens with two attached hydrogens (primary N) is 1. The highest BCUT2D eigenvalue weighted by molar-refractivity contribution is 4.94. The van der Waals surface area contributed by atoms with Crippen molar-refractivity contribution < 1.29 is 0 Å². The highest BCUT2D eigenvalue weighted by Crippen LogP contribution is 2.38. The van der Waals surface area contributed by atoms with Gasteiger partial charge < -0.3 is 5.73 Å². The van der Waals surface area contributed by atoms with Crippen LogP contribution in [0.5, 0.6) is 0 Å². The molecular weight excluding hydrogens is 208 g/mol.